The predicted octanol–water partition coefficient (Wildman–Crippen LogP) is 3.06. The molecule has 6 heteroatoms. The Labute approximate surface area is 140 Å². The highest BCUT2D eigenvalue weighted by Gasteiger charge is 2.27. The quantitative estimate of drug-likeness (QED) is 0.807. The zero-order chi connectivity index (χ0) is 16.9. The summed E-state index contributed by atoms with van der Waals surface area (Å²) in [6, 6.07) is 6.28. The van der Waals surface area contributed by atoms with Crippen LogP contribution in [0.1, 0.15) is 19.8 Å². The Morgan fingerprint density at radius 2 is 2.00 bits per heavy atom. The fraction of sp³-hybridized carbons (Fsp3) is 0.389. The summed E-state index contributed by atoms with van der Waals surface area (Å²) in [5, 5.41) is 0. The molecule has 0 spiro atoms. The number of anilines is 1. The normalized spacial score (nSPS) is 15.3. The molecule has 1 aromatic heterocycles. The van der Waals surface area contributed by atoms with Crippen molar-refractivity contribution in [3.05, 3.63) is 42.6 Å². The van der Waals surface area contributed by atoms with Crippen LogP contribution < -0.4 is 4.90 Å². The van der Waals surface area contributed by atoms with Crippen LogP contribution in [0.15, 0.2) is 36.8 Å². The standard InChI is InChI=1S/C18H20FN3O2/c1-2-24-18(23)14-7-9-22(10-8-14)16-11-20-12-21-17(16)13-3-5-15(19)6-4-13/h3-6,11-12,14H,2,7-10H2,1H3. The molecule has 1 aliphatic heterocycles. The number of hydrogen-bond donors (Lipinski definition) is 0. The SMILES string of the molecule is CCOC(=O)C1CCN(c2cncnc2-c2ccc(F)cc2)CC1. The van der Waals surface area contributed by atoms with Crippen LogP contribution in [0.25, 0.3) is 11.3 Å². The Hall–Kier alpha value is -2.50. The second-order valence-electron chi connectivity index (χ2n) is 5.78. The molecule has 2 aromatic rings. The number of nitrogens with zero attached hydrogens (tertiary/aromatic N) is 3. The third-order valence-electron chi connectivity index (χ3n) is 4.27. The summed E-state index contributed by atoms with van der Waals surface area (Å²) in [5.41, 5.74) is 2.53. The van der Waals surface area contributed by atoms with Gasteiger partial charge in [-0.3, -0.25) is 4.79 Å². The smallest absolute Gasteiger partial charge is 0.309 e. The first-order valence-electron chi connectivity index (χ1n) is 8.16. The van der Waals surface area contributed by atoms with Crippen molar-refractivity contribution in [3.63, 3.8) is 0 Å². The Morgan fingerprint density at radius 3 is 2.67 bits per heavy atom. The number of piperidine rings is 1. The molecule has 0 unspecified atom stereocenters. The number of hydrogen-bond acceptors (Lipinski definition) is 5. The van der Waals surface area contributed by atoms with Crippen LogP contribution in [0.4, 0.5) is 10.1 Å². The van der Waals surface area contributed by atoms with Gasteiger partial charge in [-0.15, -0.1) is 0 Å². The molecule has 0 aliphatic carbocycles. The number of carbonyl (C=O) groups excluding carboxylic acids is 1. The molecule has 24 heavy (non-hydrogen) atoms. The lowest BCUT2D eigenvalue weighted by atomic mass is 9.96. The fourth-order valence-corrected chi connectivity index (χ4v) is 3.00. The average molecular weight is 329 g/mol. The minimum Gasteiger partial charge on any atom is -0.466 e. The third kappa shape index (κ3) is 3.53. The van der Waals surface area contributed by atoms with Gasteiger partial charge in [0.25, 0.3) is 0 Å². The molecule has 0 radical (unpaired) electrons. The summed E-state index contributed by atoms with van der Waals surface area (Å²) in [4.78, 5) is 22.5. The molecular formula is C18H20FN3O2. The van der Waals surface area contributed by atoms with Crippen LogP contribution in [-0.2, 0) is 9.53 Å². The van der Waals surface area contributed by atoms with Crippen molar-refractivity contribution in [3.8, 4) is 11.3 Å². The van der Waals surface area contributed by atoms with E-state index in [-0.39, 0.29) is 17.7 Å². The van der Waals surface area contributed by atoms with Gasteiger partial charge in [-0.05, 0) is 44.0 Å². The number of halogens is 1. The maximum atomic E-state index is 13.2. The largest absolute Gasteiger partial charge is 0.466 e. The summed E-state index contributed by atoms with van der Waals surface area (Å²) < 4.78 is 18.3. The Bertz CT molecular complexity index is 698. The minimum atomic E-state index is -0.274. The van der Waals surface area contributed by atoms with Gasteiger partial charge in [0.05, 0.1) is 30.1 Å². The van der Waals surface area contributed by atoms with Gasteiger partial charge in [-0.25, -0.2) is 14.4 Å². The fourth-order valence-electron chi connectivity index (χ4n) is 3.00. The molecule has 1 saturated heterocycles. The summed E-state index contributed by atoms with van der Waals surface area (Å²) >= 11 is 0. The number of rotatable bonds is 4. The molecule has 0 atom stereocenters. The van der Waals surface area contributed by atoms with Crippen molar-refractivity contribution in [2.75, 3.05) is 24.6 Å². The van der Waals surface area contributed by atoms with Gasteiger partial charge in [-0.1, -0.05) is 0 Å². The van der Waals surface area contributed by atoms with Crippen molar-refractivity contribution >= 4 is 11.7 Å². The van der Waals surface area contributed by atoms with E-state index < -0.39 is 0 Å². The molecule has 1 aliphatic rings. The summed E-state index contributed by atoms with van der Waals surface area (Å²) in [6.45, 7) is 3.72. The Balaban J connectivity index is 1.77. The number of ether oxygens (including phenoxy) is 1. The van der Waals surface area contributed by atoms with Gasteiger partial charge in [0.15, 0.2) is 0 Å². The van der Waals surface area contributed by atoms with E-state index in [0.29, 0.717) is 6.61 Å². The third-order valence-corrected chi connectivity index (χ3v) is 4.27. The number of esters is 1. The van der Waals surface area contributed by atoms with Crippen LogP contribution in [0.5, 0.6) is 0 Å². The maximum Gasteiger partial charge on any atom is 0.309 e. The van der Waals surface area contributed by atoms with Crippen LogP contribution in [0.2, 0.25) is 0 Å². The minimum absolute atomic E-state index is 0.0416. The highest BCUT2D eigenvalue weighted by Crippen LogP contribution is 2.31. The molecule has 126 valence electrons. The highest BCUT2D eigenvalue weighted by atomic mass is 19.1. The van der Waals surface area contributed by atoms with Crippen molar-refractivity contribution in [1.29, 1.82) is 0 Å². The molecule has 0 saturated carbocycles. The van der Waals surface area contributed by atoms with Gasteiger partial charge < -0.3 is 9.64 Å². The summed E-state index contributed by atoms with van der Waals surface area (Å²) in [6.07, 6.45) is 4.76. The monoisotopic (exact) mass is 329 g/mol. The first kappa shape index (κ1) is 16.4. The topological polar surface area (TPSA) is 55.3 Å². The van der Waals surface area contributed by atoms with Gasteiger partial charge in [-0.2, -0.15) is 0 Å². The predicted molar refractivity (Wildman–Crippen MR) is 89.0 cm³/mol. The van der Waals surface area contributed by atoms with E-state index in [1.807, 2.05) is 6.92 Å². The van der Waals surface area contributed by atoms with Crippen LogP contribution in [0.3, 0.4) is 0 Å². The molecular weight excluding hydrogens is 309 g/mol. The zero-order valence-corrected chi connectivity index (χ0v) is 13.6. The lowest BCUT2D eigenvalue weighted by Crippen LogP contribution is -2.37. The summed E-state index contributed by atoms with van der Waals surface area (Å²) in [5.74, 6) is -0.426. The molecule has 0 N–H and O–H groups in total. The van der Waals surface area contributed by atoms with Gasteiger partial charge in [0.1, 0.15) is 12.1 Å². The molecule has 5 nitrogen and oxygen atoms in total. The molecule has 2 heterocycles. The van der Waals surface area contributed by atoms with Crippen molar-refractivity contribution in [1.82, 2.24) is 9.97 Å². The van der Waals surface area contributed by atoms with E-state index in [1.165, 1.54) is 18.5 Å². The van der Waals surface area contributed by atoms with Crippen LogP contribution in [-0.4, -0.2) is 35.6 Å². The second kappa shape index (κ2) is 7.38. The molecule has 1 aromatic carbocycles. The Morgan fingerprint density at radius 1 is 1.29 bits per heavy atom. The number of aromatic nitrogens is 2. The lowest BCUT2D eigenvalue weighted by molar-refractivity contribution is -0.148. The zero-order valence-electron chi connectivity index (χ0n) is 13.6. The molecule has 1 fully saturated rings. The van der Waals surface area contributed by atoms with E-state index in [0.717, 1.165) is 42.9 Å². The van der Waals surface area contributed by atoms with Gasteiger partial charge in [0, 0.05) is 18.7 Å². The lowest BCUT2D eigenvalue weighted by Gasteiger charge is -2.33. The summed E-state index contributed by atoms with van der Waals surface area (Å²) in [7, 11) is 0. The van der Waals surface area contributed by atoms with Gasteiger partial charge in [0.2, 0.25) is 0 Å². The first-order valence-corrected chi connectivity index (χ1v) is 8.16. The van der Waals surface area contributed by atoms with Crippen molar-refractivity contribution < 1.29 is 13.9 Å². The van der Waals surface area contributed by atoms with E-state index in [2.05, 4.69) is 14.9 Å². The Kier molecular flexibility index (Phi) is 5.03. The molecule has 3 rings (SSSR count). The van der Waals surface area contributed by atoms with Crippen LogP contribution >= 0.6 is 0 Å². The molecule has 0 bridgehead atoms. The maximum absolute atomic E-state index is 13.2. The first-order chi connectivity index (χ1) is 11.7. The number of carbonyl (C=O) groups is 1. The van der Waals surface area contributed by atoms with Crippen molar-refractivity contribution in [2.45, 2.75) is 19.8 Å². The highest BCUT2D eigenvalue weighted by molar-refractivity contribution is 5.75. The van der Waals surface area contributed by atoms with E-state index in [1.54, 1.807) is 18.3 Å². The van der Waals surface area contributed by atoms with E-state index in [4.69, 9.17) is 4.74 Å². The van der Waals surface area contributed by atoms with Crippen LogP contribution in [0, 0.1) is 11.7 Å². The van der Waals surface area contributed by atoms with E-state index >= 15 is 0 Å². The van der Waals surface area contributed by atoms with Gasteiger partial charge >= 0.3 is 5.97 Å². The average Bonchev–Trinajstić information content (AvgIpc) is 2.63. The van der Waals surface area contributed by atoms with Crippen molar-refractivity contribution in [2.24, 2.45) is 5.92 Å². The second-order valence-corrected chi connectivity index (χ2v) is 5.78. The van der Waals surface area contributed by atoms with E-state index in [9.17, 15) is 9.18 Å². The molecule has 0 amide bonds. The number of benzene rings is 1.